The Balaban J connectivity index is 4.34. The van der Waals surface area contributed by atoms with Crippen LogP contribution in [0.25, 0.3) is 0 Å². The first-order valence-electron chi connectivity index (χ1n) is 3.20. The Morgan fingerprint density at radius 2 is 2.18 bits per heavy atom. The molecule has 0 fully saturated rings. The molecule has 0 aliphatic carbocycles. The molecular weight excluding hydrogens is 146 g/mol. The molecule has 0 radical (unpaired) electrons. The van der Waals surface area contributed by atoms with Crippen molar-refractivity contribution >= 4 is 5.97 Å². The van der Waals surface area contributed by atoms with E-state index in [2.05, 4.69) is 4.74 Å². The van der Waals surface area contributed by atoms with Crippen LogP contribution >= 0.6 is 0 Å². The number of methoxy groups -OCH3 is 1. The Morgan fingerprint density at radius 1 is 1.64 bits per heavy atom. The summed E-state index contributed by atoms with van der Waals surface area (Å²) < 4.78 is 4.47. The van der Waals surface area contributed by atoms with Gasteiger partial charge in [-0.1, -0.05) is 0 Å². The molecule has 1 N–H and O–H groups in total. The maximum Gasteiger partial charge on any atom is 0.354 e. The highest BCUT2D eigenvalue weighted by molar-refractivity contribution is 5.87. The standard InChI is InChI=1S/C7H13NO3/c1-8(2)6(4-5-9)7(10)11-3/h4,9H,5H2,1-3H3/b6-4-. The van der Waals surface area contributed by atoms with Crippen LogP contribution < -0.4 is 0 Å². The number of rotatable bonds is 3. The van der Waals surface area contributed by atoms with Gasteiger partial charge in [-0.05, 0) is 6.08 Å². The topological polar surface area (TPSA) is 49.8 Å². The highest BCUT2D eigenvalue weighted by Gasteiger charge is 2.09. The molecule has 0 amide bonds. The highest BCUT2D eigenvalue weighted by Crippen LogP contribution is 1.99. The van der Waals surface area contributed by atoms with Crippen molar-refractivity contribution in [3.05, 3.63) is 11.8 Å². The fourth-order valence-corrected chi connectivity index (χ4v) is 0.640. The number of ether oxygens (including phenoxy) is 1. The van der Waals surface area contributed by atoms with Gasteiger partial charge in [-0.25, -0.2) is 4.79 Å². The minimum Gasteiger partial charge on any atom is -0.464 e. The first-order valence-corrected chi connectivity index (χ1v) is 3.20. The van der Waals surface area contributed by atoms with Crippen LogP contribution in [0.5, 0.6) is 0 Å². The van der Waals surface area contributed by atoms with Crippen LogP contribution in [0.15, 0.2) is 11.8 Å². The first-order chi connectivity index (χ1) is 5.13. The summed E-state index contributed by atoms with van der Waals surface area (Å²) in [6.45, 7) is -0.164. The summed E-state index contributed by atoms with van der Waals surface area (Å²) in [5, 5.41) is 8.52. The maximum atomic E-state index is 10.9. The van der Waals surface area contributed by atoms with E-state index in [0.717, 1.165) is 0 Å². The van der Waals surface area contributed by atoms with Gasteiger partial charge >= 0.3 is 5.97 Å². The zero-order valence-electron chi connectivity index (χ0n) is 7.00. The van der Waals surface area contributed by atoms with Crippen LogP contribution in [0.2, 0.25) is 0 Å². The number of carbonyl (C=O) groups is 1. The van der Waals surface area contributed by atoms with Crippen LogP contribution in [-0.2, 0) is 9.53 Å². The number of hydrogen-bond acceptors (Lipinski definition) is 4. The summed E-state index contributed by atoms with van der Waals surface area (Å²) in [5.41, 5.74) is 0.356. The number of carbonyl (C=O) groups excluding carboxylic acids is 1. The second-order valence-electron chi connectivity index (χ2n) is 2.16. The molecule has 0 atom stereocenters. The smallest absolute Gasteiger partial charge is 0.354 e. The predicted octanol–water partition coefficient (Wildman–Crippen LogP) is -0.403. The maximum absolute atomic E-state index is 10.9. The van der Waals surface area contributed by atoms with E-state index in [-0.39, 0.29) is 6.61 Å². The van der Waals surface area contributed by atoms with Crippen molar-refractivity contribution in [1.29, 1.82) is 0 Å². The van der Waals surface area contributed by atoms with Gasteiger partial charge in [0.05, 0.1) is 13.7 Å². The van der Waals surface area contributed by atoms with Gasteiger partial charge in [-0.15, -0.1) is 0 Å². The number of hydrogen-bond donors (Lipinski definition) is 1. The lowest BCUT2D eigenvalue weighted by atomic mass is 10.4. The van der Waals surface area contributed by atoms with Gasteiger partial charge in [-0.3, -0.25) is 0 Å². The summed E-state index contributed by atoms with van der Waals surface area (Å²) >= 11 is 0. The molecule has 0 rings (SSSR count). The van der Waals surface area contributed by atoms with E-state index in [1.807, 2.05) is 0 Å². The van der Waals surface area contributed by atoms with E-state index in [9.17, 15) is 4.79 Å². The molecule has 0 aliphatic heterocycles. The van der Waals surface area contributed by atoms with Crippen molar-refractivity contribution in [2.24, 2.45) is 0 Å². The molecule has 0 aromatic rings. The van der Waals surface area contributed by atoms with Crippen molar-refractivity contribution in [2.45, 2.75) is 0 Å². The third-order valence-electron chi connectivity index (χ3n) is 1.16. The Morgan fingerprint density at radius 3 is 2.45 bits per heavy atom. The Labute approximate surface area is 66.1 Å². The van der Waals surface area contributed by atoms with Gasteiger partial charge in [0.1, 0.15) is 5.70 Å². The molecule has 0 aromatic carbocycles. The molecule has 0 bridgehead atoms. The quantitative estimate of drug-likeness (QED) is 0.449. The van der Waals surface area contributed by atoms with Gasteiger partial charge in [0.15, 0.2) is 0 Å². The fraction of sp³-hybridized carbons (Fsp3) is 0.571. The highest BCUT2D eigenvalue weighted by atomic mass is 16.5. The van der Waals surface area contributed by atoms with Gasteiger partial charge in [0, 0.05) is 14.1 Å². The van der Waals surface area contributed by atoms with Gasteiger partial charge in [0.2, 0.25) is 0 Å². The van der Waals surface area contributed by atoms with Gasteiger partial charge in [-0.2, -0.15) is 0 Å². The minimum absolute atomic E-state index is 0.164. The Hall–Kier alpha value is -1.03. The van der Waals surface area contributed by atoms with Crippen molar-refractivity contribution < 1.29 is 14.6 Å². The molecule has 0 heterocycles. The SMILES string of the molecule is COC(=O)/C(=C/CO)N(C)C. The lowest BCUT2D eigenvalue weighted by Crippen LogP contribution is -2.20. The van der Waals surface area contributed by atoms with Crippen molar-refractivity contribution in [3.8, 4) is 0 Å². The molecule has 64 valence electrons. The molecule has 0 unspecified atom stereocenters. The fourth-order valence-electron chi connectivity index (χ4n) is 0.640. The van der Waals surface area contributed by atoms with Crippen molar-refractivity contribution in [3.63, 3.8) is 0 Å². The van der Waals surface area contributed by atoms with Crippen molar-refractivity contribution in [1.82, 2.24) is 4.90 Å². The van der Waals surface area contributed by atoms with E-state index < -0.39 is 5.97 Å². The zero-order valence-corrected chi connectivity index (χ0v) is 7.00. The molecule has 0 spiro atoms. The number of likely N-dealkylation sites (N-methyl/N-ethyl adjacent to an activating group) is 1. The Bertz CT molecular complexity index is 163. The van der Waals surface area contributed by atoms with E-state index in [4.69, 9.17) is 5.11 Å². The molecule has 0 saturated heterocycles. The number of nitrogens with zero attached hydrogens (tertiary/aromatic N) is 1. The average molecular weight is 159 g/mol. The summed E-state index contributed by atoms with van der Waals surface area (Å²) in [6.07, 6.45) is 1.39. The Kier molecular flexibility index (Phi) is 4.29. The minimum atomic E-state index is -0.441. The molecule has 4 heteroatoms. The van der Waals surface area contributed by atoms with Gasteiger partial charge in [0.25, 0.3) is 0 Å². The molecule has 4 nitrogen and oxygen atoms in total. The predicted molar refractivity (Wildman–Crippen MR) is 40.9 cm³/mol. The van der Waals surface area contributed by atoms with Crippen LogP contribution in [0.3, 0.4) is 0 Å². The van der Waals surface area contributed by atoms with E-state index >= 15 is 0 Å². The third-order valence-corrected chi connectivity index (χ3v) is 1.16. The molecule has 0 aliphatic rings. The third kappa shape index (κ3) is 3.04. The van der Waals surface area contributed by atoms with Gasteiger partial charge < -0.3 is 14.7 Å². The van der Waals surface area contributed by atoms with E-state index in [1.54, 1.807) is 19.0 Å². The normalized spacial score (nSPS) is 11.1. The van der Waals surface area contributed by atoms with E-state index in [1.165, 1.54) is 13.2 Å². The summed E-state index contributed by atoms with van der Waals surface area (Å²) in [6, 6.07) is 0. The molecule has 11 heavy (non-hydrogen) atoms. The van der Waals surface area contributed by atoms with Crippen LogP contribution in [0.4, 0.5) is 0 Å². The second-order valence-corrected chi connectivity index (χ2v) is 2.16. The first kappa shape index (κ1) is 9.97. The number of esters is 1. The van der Waals surface area contributed by atoms with Crippen LogP contribution in [-0.4, -0.2) is 43.8 Å². The summed E-state index contributed by atoms with van der Waals surface area (Å²) in [5.74, 6) is -0.441. The van der Waals surface area contributed by atoms with Crippen LogP contribution in [0.1, 0.15) is 0 Å². The second kappa shape index (κ2) is 4.73. The number of aliphatic hydroxyl groups is 1. The average Bonchev–Trinajstić information content (AvgIpc) is 1.98. The summed E-state index contributed by atoms with van der Waals surface area (Å²) in [4.78, 5) is 12.5. The summed E-state index contributed by atoms with van der Waals surface area (Å²) in [7, 11) is 4.72. The molecular formula is C7H13NO3. The molecule has 0 saturated carbocycles. The monoisotopic (exact) mass is 159 g/mol. The number of aliphatic hydroxyl groups excluding tert-OH is 1. The van der Waals surface area contributed by atoms with Crippen molar-refractivity contribution in [2.75, 3.05) is 27.8 Å². The lowest BCUT2D eigenvalue weighted by Gasteiger charge is -2.13. The largest absolute Gasteiger partial charge is 0.464 e. The molecule has 0 aromatic heterocycles. The lowest BCUT2D eigenvalue weighted by molar-refractivity contribution is -0.137. The van der Waals surface area contributed by atoms with E-state index in [0.29, 0.717) is 5.70 Å². The zero-order chi connectivity index (χ0) is 8.85. The van der Waals surface area contributed by atoms with Crippen LogP contribution in [0, 0.1) is 0 Å².